The maximum absolute atomic E-state index is 11.8. The average molecular weight is 134 g/mol. The topological polar surface area (TPSA) is 37.3 Å². The van der Waals surface area contributed by atoms with Crippen LogP contribution < -0.4 is 0 Å². The van der Waals surface area contributed by atoms with Crippen LogP contribution in [0, 0.1) is 0 Å². The number of alkyl halides is 2. The minimum absolute atomic E-state index is 0.194. The monoisotopic (exact) mass is 134 g/mol. The molecule has 50 valence electrons. The zero-order valence-corrected chi connectivity index (χ0v) is 4.40. The lowest BCUT2D eigenvalue weighted by Crippen LogP contribution is -2.27. The summed E-state index contributed by atoms with van der Waals surface area (Å²) in [6, 6.07) is 0. The van der Waals surface area contributed by atoms with Crippen molar-refractivity contribution in [2.24, 2.45) is 0 Å². The second kappa shape index (κ2) is 1.52. The summed E-state index contributed by atoms with van der Waals surface area (Å²) in [5.41, 5.74) is -0.194. The van der Waals surface area contributed by atoms with E-state index >= 15 is 0 Å². The molecule has 1 N–H and O–H groups in total. The molecule has 0 saturated heterocycles. The van der Waals surface area contributed by atoms with Gasteiger partial charge in [0, 0.05) is 12.0 Å². The van der Waals surface area contributed by atoms with Crippen molar-refractivity contribution >= 4 is 5.97 Å². The highest BCUT2D eigenvalue weighted by Gasteiger charge is 2.39. The Morgan fingerprint density at radius 2 is 2.22 bits per heavy atom. The normalized spacial score (nSPS) is 22.2. The van der Waals surface area contributed by atoms with Gasteiger partial charge in [-0.1, -0.05) is 0 Å². The Balaban J connectivity index is 2.65. The zero-order valence-electron chi connectivity index (χ0n) is 4.40. The number of halogens is 2. The molecular formula is C5H4F2O2. The molecule has 0 heterocycles. The molecule has 9 heavy (non-hydrogen) atoms. The fraction of sp³-hybridized carbons (Fsp3) is 0.400. The Bertz CT molecular complexity index is 183. The van der Waals surface area contributed by atoms with Crippen LogP contribution in [0.3, 0.4) is 0 Å². The first-order chi connectivity index (χ1) is 4.01. The smallest absolute Gasteiger partial charge is 0.331 e. The van der Waals surface area contributed by atoms with Crippen molar-refractivity contribution in [3.05, 3.63) is 11.6 Å². The molecule has 0 aliphatic heterocycles. The molecule has 0 aromatic carbocycles. The Kier molecular flexibility index (Phi) is 1.05. The fourth-order valence-electron chi connectivity index (χ4n) is 0.617. The number of allylic oxidation sites excluding steroid dienone is 1. The van der Waals surface area contributed by atoms with Crippen molar-refractivity contribution in [3.63, 3.8) is 0 Å². The van der Waals surface area contributed by atoms with Gasteiger partial charge in [0.05, 0.1) is 0 Å². The predicted molar refractivity (Wildman–Crippen MR) is 25.3 cm³/mol. The summed E-state index contributed by atoms with van der Waals surface area (Å²) in [4.78, 5) is 9.87. The van der Waals surface area contributed by atoms with Crippen LogP contribution in [-0.4, -0.2) is 17.0 Å². The van der Waals surface area contributed by atoms with Gasteiger partial charge in [-0.15, -0.1) is 0 Å². The van der Waals surface area contributed by atoms with Gasteiger partial charge in [-0.2, -0.15) is 0 Å². The van der Waals surface area contributed by atoms with Crippen molar-refractivity contribution in [1.29, 1.82) is 0 Å². The number of rotatable bonds is 1. The lowest BCUT2D eigenvalue weighted by molar-refractivity contribution is -0.134. The zero-order chi connectivity index (χ0) is 7.07. The van der Waals surface area contributed by atoms with Crippen LogP contribution in [0.2, 0.25) is 0 Å². The molecule has 0 bridgehead atoms. The van der Waals surface area contributed by atoms with Gasteiger partial charge >= 0.3 is 5.97 Å². The highest BCUT2D eigenvalue weighted by molar-refractivity contribution is 5.88. The first-order valence-electron chi connectivity index (χ1n) is 2.34. The van der Waals surface area contributed by atoms with E-state index in [9.17, 15) is 13.6 Å². The second-order valence-corrected chi connectivity index (χ2v) is 1.91. The molecule has 0 amide bonds. The second-order valence-electron chi connectivity index (χ2n) is 1.91. The lowest BCUT2D eigenvalue weighted by Gasteiger charge is -2.21. The summed E-state index contributed by atoms with van der Waals surface area (Å²) in [5, 5.41) is 8.06. The van der Waals surface area contributed by atoms with Crippen molar-refractivity contribution in [2.45, 2.75) is 12.3 Å². The van der Waals surface area contributed by atoms with Gasteiger partial charge in [0.25, 0.3) is 5.92 Å². The molecule has 0 atom stereocenters. The summed E-state index contributed by atoms with van der Waals surface area (Å²) < 4.78 is 23.6. The van der Waals surface area contributed by atoms with Crippen LogP contribution in [0.15, 0.2) is 11.6 Å². The third-order valence-corrected chi connectivity index (χ3v) is 1.09. The predicted octanol–water partition coefficient (Wildman–Crippen LogP) is 1.04. The molecular weight excluding hydrogens is 130 g/mol. The van der Waals surface area contributed by atoms with Crippen LogP contribution in [-0.2, 0) is 4.79 Å². The van der Waals surface area contributed by atoms with E-state index in [1.165, 1.54) is 0 Å². The fourth-order valence-corrected chi connectivity index (χ4v) is 0.617. The summed E-state index contributed by atoms with van der Waals surface area (Å²) >= 11 is 0. The highest BCUT2D eigenvalue weighted by Crippen LogP contribution is 2.35. The van der Waals surface area contributed by atoms with E-state index in [0.717, 1.165) is 0 Å². The summed E-state index contributed by atoms with van der Waals surface area (Å²) in [6.07, 6.45) is -0.155. The summed E-state index contributed by atoms with van der Waals surface area (Å²) in [6.45, 7) is 0. The quantitative estimate of drug-likeness (QED) is 0.581. The van der Waals surface area contributed by atoms with Crippen LogP contribution in [0.5, 0.6) is 0 Å². The van der Waals surface area contributed by atoms with Gasteiger partial charge in [0.2, 0.25) is 0 Å². The molecule has 1 aliphatic rings. The van der Waals surface area contributed by atoms with Crippen molar-refractivity contribution in [2.75, 3.05) is 0 Å². The molecule has 2 nitrogen and oxygen atoms in total. The number of aliphatic carboxylic acids is 1. The van der Waals surface area contributed by atoms with Gasteiger partial charge in [0.15, 0.2) is 0 Å². The minimum atomic E-state index is -2.87. The molecule has 0 aromatic rings. The molecule has 0 fully saturated rings. The number of carboxylic acid groups (broad SMARTS) is 1. The number of carboxylic acids is 1. The SMILES string of the molecule is O=C(O)C1=CC(F)(F)C1. The van der Waals surface area contributed by atoms with Gasteiger partial charge in [-0.05, 0) is 6.08 Å². The maximum Gasteiger partial charge on any atom is 0.331 e. The molecule has 0 aromatic heterocycles. The van der Waals surface area contributed by atoms with E-state index in [-0.39, 0.29) is 5.57 Å². The van der Waals surface area contributed by atoms with Crippen LogP contribution in [0.25, 0.3) is 0 Å². The molecule has 1 rings (SSSR count). The third-order valence-electron chi connectivity index (χ3n) is 1.09. The van der Waals surface area contributed by atoms with Gasteiger partial charge in [-0.25, -0.2) is 13.6 Å². The molecule has 0 spiro atoms. The Morgan fingerprint density at radius 3 is 2.33 bits per heavy atom. The number of carbonyl (C=O) groups is 1. The first-order valence-corrected chi connectivity index (χ1v) is 2.34. The van der Waals surface area contributed by atoms with Crippen LogP contribution in [0.1, 0.15) is 6.42 Å². The highest BCUT2D eigenvalue weighted by atomic mass is 19.3. The van der Waals surface area contributed by atoms with Gasteiger partial charge in [0.1, 0.15) is 0 Å². The Hall–Kier alpha value is -0.930. The number of hydrogen-bond donors (Lipinski definition) is 1. The number of hydrogen-bond acceptors (Lipinski definition) is 1. The van der Waals surface area contributed by atoms with Crippen molar-refractivity contribution in [1.82, 2.24) is 0 Å². The standard InChI is InChI=1S/C5H4F2O2/c6-5(7)1-3(2-5)4(8)9/h1H,2H2,(H,8,9). The van der Waals surface area contributed by atoms with Gasteiger partial charge < -0.3 is 5.11 Å². The van der Waals surface area contributed by atoms with Crippen molar-refractivity contribution < 1.29 is 18.7 Å². The third kappa shape index (κ3) is 1.06. The Labute approximate surface area is 49.8 Å². The molecule has 1 aliphatic carbocycles. The first kappa shape index (κ1) is 6.19. The molecule has 0 saturated carbocycles. The van der Waals surface area contributed by atoms with Gasteiger partial charge in [-0.3, -0.25) is 0 Å². The largest absolute Gasteiger partial charge is 0.478 e. The summed E-state index contributed by atoms with van der Waals surface area (Å²) in [7, 11) is 0. The van der Waals surface area contributed by atoms with Crippen LogP contribution in [0.4, 0.5) is 8.78 Å². The minimum Gasteiger partial charge on any atom is -0.478 e. The molecule has 0 unspecified atom stereocenters. The molecule has 0 radical (unpaired) electrons. The van der Waals surface area contributed by atoms with Crippen LogP contribution >= 0.6 is 0 Å². The molecule has 4 heteroatoms. The van der Waals surface area contributed by atoms with E-state index in [2.05, 4.69) is 0 Å². The summed E-state index contributed by atoms with van der Waals surface area (Å²) in [5.74, 6) is -4.12. The van der Waals surface area contributed by atoms with Crippen molar-refractivity contribution in [3.8, 4) is 0 Å². The van der Waals surface area contributed by atoms with E-state index in [0.29, 0.717) is 6.08 Å². The van der Waals surface area contributed by atoms with E-state index in [1.807, 2.05) is 0 Å². The Morgan fingerprint density at radius 1 is 1.78 bits per heavy atom. The van der Waals surface area contributed by atoms with E-state index in [1.54, 1.807) is 0 Å². The van der Waals surface area contributed by atoms with E-state index in [4.69, 9.17) is 5.11 Å². The van der Waals surface area contributed by atoms with E-state index < -0.39 is 18.3 Å². The average Bonchev–Trinajstić information content (AvgIpc) is 1.59. The maximum atomic E-state index is 11.8. The lowest BCUT2D eigenvalue weighted by atomic mass is 9.95.